The number of carbonyl (C=O) groups excluding carboxylic acids is 1. The van der Waals surface area contributed by atoms with Crippen molar-refractivity contribution >= 4 is 23.6 Å². The number of anilines is 2. The number of carbonyl (C=O) groups is 1. The summed E-state index contributed by atoms with van der Waals surface area (Å²) in [5.41, 5.74) is 5.44. The van der Waals surface area contributed by atoms with E-state index >= 15 is 0 Å². The molecule has 0 atom stereocenters. The van der Waals surface area contributed by atoms with Crippen molar-refractivity contribution in [3.05, 3.63) is 74.8 Å². The summed E-state index contributed by atoms with van der Waals surface area (Å²) in [6.45, 7) is 16.5. The Balaban J connectivity index is 1.62. The fourth-order valence-electron chi connectivity index (χ4n) is 5.54. The topological polar surface area (TPSA) is 117 Å². The Hall–Kier alpha value is -3.98. The molecule has 9 nitrogen and oxygen atoms in total. The molecule has 0 spiro atoms. The molecule has 3 heterocycles. The van der Waals surface area contributed by atoms with Crippen LogP contribution in [0.1, 0.15) is 73.8 Å². The SMILES string of the molecule is CCCc1cc(C)[nH]c(=O)c1CNC(=O)c1cc(-c2ccc(N3CCN(C(C)C)CC3)nc2)cc(NC(C)C)c1C=N. The molecule has 0 radical (unpaired) electrons. The molecule has 2 aromatic heterocycles. The Kier molecular flexibility index (Phi) is 10.2. The van der Waals surface area contributed by atoms with Crippen LogP contribution in [-0.4, -0.2) is 65.3 Å². The van der Waals surface area contributed by atoms with Gasteiger partial charge in [-0.15, -0.1) is 0 Å². The molecular weight excluding hydrogens is 526 g/mol. The van der Waals surface area contributed by atoms with E-state index in [2.05, 4.69) is 46.2 Å². The summed E-state index contributed by atoms with van der Waals surface area (Å²) in [6.07, 6.45) is 4.72. The first-order chi connectivity index (χ1) is 20.1. The van der Waals surface area contributed by atoms with Crippen molar-refractivity contribution in [2.45, 2.75) is 73.0 Å². The van der Waals surface area contributed by atoms with Crippen LogP contribution in [0.15, 0.2) is 41.3 Å². The molecule has 1 aliphatic heterocycles. The number of hydrogen-bond acceptors (Lipinski definition) is 7. The van der Waals surface area contributed by atoms with E-state index in [1.54, 1.807) is 0 Å². The summed E-state index contributed by atoms with van der Waals surface area (Å²) in [5, 5.41) is 14.5. The third-order valence-corrected chi connectivity index (χ3v) is 7.77. The van der Waals surface area contributed by atoms with Crippen LogP contribution >= 0.6 is 0 Å². The summed E-state index contributed by atoms with van der Waals surface area (Å²) < 4.78 is 0. The first-order valence-corrected chi connectivity index (χ1v) is 15.0. The lowest BCUT2D eigenvalue weighted by Gasteiger charge is -2.37. The second-order valence-electron chi connectivity index (χ2n) is 11.7. The van der Waals surface area contributed by atoms with Crippen molar-refractivity contribution in [3.8, 4) is 11.1 Å². The van der Waals surface area contributed by atoms with E-state index in [4.69, 9.17) is 10.4 Å². The first kappa shape index (κ1) is 31.0. The van der Waals surface area contributed by atoms with Crippen molar-refractivity contribution in [3.63, 3.8) is 0 Å². The molecule has 224 valence electrons. The summed E-state index contributed by atoms with van der Waals surface area (Å²) in [4.78, 5) is 38.8. The van der Waals surface area contributed by atoms with Gasteiger partial charge in [-0.05, 0) is 82.5 Å². The zero-order chi connectivity index (χ0) is 30.4. The lowest BCUT2D eigenvalue weighted by molar-refractivity contribution is 0.0950. The van der Waals surface area contributed by atoms with E-state index in [9.17, 15) is 9.59 Å². The maximum Gasteiger partial charge on any atom is 0.253 e. The number of pyridine rings is 2. The number of H-pyrrole nitrogens is 1. The van der Waals surface area contributed by atoms with Crippen molar-refractivity contribution < 1.29 is 4.79 Å². The van der Waals surface area contributed by atoms with Gasteiger partial charge in [0.15, 0.2) is 0 Å². The lowest BCUT2D eigenvalue weighted by atomic mass is 9.97. The molecule has 0 aliphatic carbocycles. The summed E-state index contributed by atoms with van der Waals surface area (Å²) in [7, 11) is 0. The molecule has 42 heavy (non-hydrogen) atoms. The Bertz CT molecular complexity index is 1450. The number of nitrogens with one attached hydrogen (secondary N) is 4. The smallest absolute Gasteiger partial charge is 0.253 e. The second kappa shape index (κ2) is 13.8. The van der Waals surface area contributed by atoms with E-state index in [-0.39, 0.29) is 24.1 Å². The van der Waals surface area contributed by atoms with Gasteiger partial charge in [-0.3, -0.25) is 14.5 Å². The molecule has 0 unspecified atom stereocenters. The van der Waals surface area contributed by atoms with Gasteiger partial charge in [0, 0.05) is 85.3 Å². The number of aromatic amines is 1. The number of hydrogen-bond donors (Lipinski definition) is 4. The number of rotatable bonds is 11. The minimum atomic E-state index is -0.336. The summed E-state index contributed by atoms with van der Waals surface area (Å²) in [5.74, 6) is 0.611. The van der Waals surface area contributed by atoms with Crippen LogP contribution < -0.4 is 21.1 Å². The predicted octanol–water partition coefficient (Wildman–Crippen LogP) is 4.98. The number of nitrogens with zero attached hydrogens (tertiary/aromatic N) is 3. The molecular formula is C33H45N7O2. The normalized spacial score (nSPS) is 14.0. The van der Waals surface area contributed by atoms with Crippen LogP contribution in [0.3, 0.4) is 0 Å². The van der Waals surface area contributed by atoms with Crippen LogP contribution in [-0.2, 0) is 13.0 Å². The molecule has 1 aliphatic rings. The van der Waals surface area contributed by atoms with E-state index < -0.39 is 0 Å². The zero-order valence-electron chi connectivity index (χ0n) is 25.8. The largest absolute Gasteiger partial charge is 0.382 e. The van der Waals surface area contributed by atoms with Crippen molar-refractivity contribution in [1.82, 2.24) is 20.2 Å². The van der Waals surface area contributed by atoms with Gasteiger partial charge in [0.05, 0.1) is 5.56 Å². The number of aromatic nitrogens is 2. The highest BCUT2D eigenvalue weighted by Gasteiger charge is 2.21. The Morgan fingerprint density at radius 2 is 1.83 bits per heavy atom. The van der Waals surface area contributed by atoms with Crippen LogP contribution in [0.2, 0.25) is 0 Å². The van der Waals surface area contributed by atoms with Gasteiger partial charge in [-0.1, -0.05) is 13.3 Å². The Morgan fingerprint density at radius 3 is 2.43 bits per heavy atom. The van der Waals surface area contributed by atoms with E-state index in [1.807, 2.05) is 57.3 Å². The third kappa shape index (κ3) is 7.26. The highest BCUT2D eigenvalue weighted by atomic mass is 16.1. The number of benzene rings is 1. The molecule has 9 heteroatoms. The second-order valence-corrected chi connectivity index (χ2v) is 11.7. The summed E-state index contributed by atoms with van der Waals surface area (Å²) in [6, 6.07) is 10.5. The van der Waals surface area contributed by atoms with Gasteiger partial charge >= 0.3 is 0 Å². The number of piperazine rings is 1. The molecule has 1 fully saturated rings. The van der Waals surface area contributed by atoms with Crippen LogP contribution in [0.5, 0.6) is 0 Å². The predicted molar refractivity (Wildman–Crippen MR) is 172 cm³/mol. The van der Waals surface area contributed by atoms with Crippen molar-refractivity contribution in [2.24, 2.45) is 0 Å². The van der Waals surface area contributed by atoms with Crippen LogP contribution in [0, 0.1) is 12.3 Å². The lowest BCUT2D eigenvalue weighted by Crippen LogP contribution is -2.49. The van der Waals surface area contributed by atoms with Crippen LogP contribution in [0.25, 0.3) is 11.1 Å². The fraction of sp³-hybridized carbons (Fsp3) is 0.455. The first-order valence-electron chi connectivity index (χ1n) is 15.0. The van der Waals surface area contributed by atoms with Gasteiger partial charge in [-0.2, -0.15) is 0 Å². The maximum atomic E-state index is 13.6. The molecule has 3 aromatic rings. The van der Waals surface area contributed by atoms with E-state index in [0.717, 1.165) is 67.2 Å². The quantitative estimate of drug-likeness (QED) is 0.241. The van der Waals surface area contributed by atoms with Gasteiger partial charge in [0.25, 0.3) is 11.5 Å². The number of aryl methyl sites for hydroxylation is 2. The maximum absolute atomic E-state index is 13.6. The molecule has 1 aromatic carbocycles. The number of amides is 1. The average molecular weight is 572 g/mol. The van der Waals surface area contributed by atoms with Gasteiger partial charge in [0.1, 0.15) is 5.82 Å². The summed E-state index contributed by atoms with van der Waals surface area (Å²) >= 11 is 0. The molecule has 4 N–H and O–H groups in total. The van der Waals surface area contributed by atoms with E-state index in [0.29, 0.717) is 28.4 Å². The zero-order valence-corrected chi connectivity index (χ0v) is 25.8. The fourth-order valence-corrected chi connectivity index (χ4v) is 5.54. The Morgan fingerprint density at radius 1 is 1.10 bits per heavy atom. The molecule has 1 amide bonds. The van der Waals surface area contributed by atoms with Gasteiger partial charge < -0.3 is 25.9 Å². The standard InChI is InChI=1S/C33H45N7O2/c1-7-8-24-15-23(6)38-33(42)29(24)20-36-32(41)27-16-26(17-30(28(27)18-34)37-21(2)3)25-9-10-31(35-19-25)40-13-11-39(12-14-40)22(4)5/h9-10,15-19,21-22,34,37H,7-8,11-14,20H2,1-6H3,(H,36,41)(H,38,42). The van der Waals surface area contributed by atoms with Gasteiger partial charge in [-0.25, -0.2) is 4.98 Å². The van der Waals surface area contributed by atoms with Crippen molar-refractivity contribution in [1.29, 1.82) is 5.41 Å². The van der Waals surface area contributed by atoms with Gasteiger partial charge in [0.2, 0.25) is 0 Å². The molecule has 0 bridgehead atoms. The monoisotopic (exact) mass is 571 g/mol. The third-order valence-electron chi connectivity index (χ3n) is 7.77. The van der Waals surface area contributed by atoms with Crippen molar-refractivity contribution in [2.75, 3.05) is 36.4 Å². The highest BCUT2D eigenvalue weighted by Crippen LogP contribution is 2.30. The molecule has 1 saturated heterocycles. The minimum Gasteiger partial charge on any atom is -0.382 e. The molecule has 4 rings (SSSR count). The minimum absolute atomic E-state index is 0.0996. The average Bonchev–Trinajstić information content (AvgIpc) is 2.96. The highest BCUT2D eigenvalue weighted by molar-refractivity contribution is 6.06. The molecule has 0 saturated carbocycles. The van der Waals surface area contributed by atoms with Crippen LogP contribution in [0.4, 0.5) is 11.5 Å². The van der Waals surface area contributed by atoms with E-state index in [1.165, 1.54) is 6.21 Å². The Labute approximate surface area is 249 Å².